The summed E-state index contributed by atoms with van der Waals surface area (Å²) in [7, 11) is 4.10. The third kappa shape index (κ3) is 6.17. The lowest BCUT2D eigenvalue weighted by molar-refractivity contribution is 0.215. The summed E-state index contributed by atoms with van der Waals surface area (Å²) in [6.07, 6.45) is 12.0. The van der Waals surface area contributed by atoms with Crippen molar-refractivity contribution in [3.05, 3.63) is 59.0 Å². The average molecular weight is 435 g/mol. The highest BCUT2D eigenvalue weighted by Gasteiger charge is 2.16. The summed E-state index contributed by atoms with van der Waals surface area (Å²) in [4.78, 5) is 9.29. The van der Waals surface area contributed by atoms with Crippen molar-refractivity contribution in [3.8, 4) is 0 Å². The number of likely N-dealkylation sites (N-methyl/N-ethyl adjacent to an activating group) is 1. The van der Waals surface area contributed by atoms with Gasteiger partial charge in [-0.1, -0.05) is 32.6 Å². The van der Waals surface area contributed by atoms with Crippen molar-refractivity contribution in [1.29, 1.82) is 0 Å². The number of allylic oxidation sites excluding steroid dienone is 1. The topological polar surface area (TPSA) is 49.2 Å². The summed E-state index contributed by atoms with van der Waals surface area (Å²) in [5.41, 5.74) is 4.23. The standard InChI is InChI=1S/C26H38N6/c1-7-22-16-27-26(29-21(4)18-30(5)8-2)15-23(22)14-20(3)24-17-28-31(6)25(24)19-32-12-10-9-11-13-32/h7,14-17,29H,3-4,8-13,18-19H2,1-2,5-6H3/b22-7-,23-14-. The van der Waals surface area contributed by atoms with Gasteiger partial charge in [0.25, 0.3) is 0 Å². The fourth-order valence-corrected chi connectivity index (χ4v) is 4.09. The first kappa shape index (κ1) is 24.0. The van der Waals surface area contributed by atoms with Crippen LogP contribution in [-0.4, -0.2) is 57.8 Å². The summed E-state index contributed by atoms with van der Waals surface area (Å²) in [5, 5.41) is 10.0. The molecule has 1 aliphatic rings. The van der Waals surface area contributed by atoms with E-state index in [9.17, 15) is 0 Å². The minimum Gasteiger partial charge on any atom is -0.343 e. The Labute approximate surface area is 192 Å². The van der Waals surface area contributed by atoms with Crippen molar-refractivity contribution in [1.82, 2.24) is 24.6 Å². The van der Waals surface area contributed by atoms with Crippen LogP contribution < -0.4 is 15.8 Å². The van der Waals surface area contributed by atoms with Crippen LogP contribution in [0.1, 0.15) is 44.4 Å². The minimum absolute atomic E-state index is 0.779. The van der Waals surface area contributed by atoms with E-state index < -0.39 is 0 Å². The van der Waals surface area contributed by atoms with Crippen LogP contribution in [0, 0.1) is 0 Å². The number of hydrogen-bond donors (Lipinski definition) is 1. The fourth-order valence-electron chi connectivity index (χ4n) is 4.09. The maximum atomic E-state index is 4.57. The van der Waals surface area contributed by atoms with Crippen molar-refractivity contribution in [3.63, 3.8) is 0 Å². The predicted molar refractivity (Wildman–Crippen MR) is 135 cm³/mol. The first-order valence-electron chi connectivity index (χ1n) is 11.6. The van der Waals surface area contributed by atoms with Gasteiger partial charge in [-0.2, -0.15) is 5.10 Å². The molecule has 2 aromatic heterocycles. The molecule has 0 atom stereocenters. The van der Waals surface area contributed by atoms with Gasteiger partial charge < -0.3 is 10.2 Å². The smallest absolute Gasteiger partial charge is 0.130 e. The number of nitrogens with one attached hydrogen (secondary N) is 1. The number of anilines is 1. The number of aromatic nitrogens is 3. The number of hydrogen-bond acceptors (Lipinski definition) is 5. The maximum Gasteiger partial charge on any atom is 0.130 e. The van der Waals surface area contributed by atoms with Gasteiger partial charge in [0.15, 0.2) is 0 Å². The van der Waals surface area contributed by atoms with Crippen LogP contribution in [0.4, 0.5) is 5.82 Å². The van der Waals surface area contributed by atoms with Crippen LogP contribution >= 0.6 is 0 Å². The van der Waals surface area contributed by atoms with Crippen molar-refractivity contribution >= 4 is 23.5 Å². The van der Waals surface area contributed by atoms with E-state index in [-0.39, 0.29) is 0 Å². The average Bonchev–Trinajstić information content (AvgIpc) is 3.14. The molecule has 2 aromatic rings. The van der Waals surface area contributed by atoms with E-state index in [4.69, 9.17) is 0 Å². The summed E-state index contributed by atoms with van der Waals surface area (Å²) in [6.45, 7) is 17.7. The van der Waals surface area contributed by atoms with Crippen molar-refractivity contribution in [2.45, 2.75) is 39.7 Å². The van der Waals surface area contributed by atoms with E-state index in [1.165, 1.54) is 25.0 Å². The molecular weight excluding hydrogens is 396 g/mol. The summed E-state index contributed by atoms with van der Waals surface area (Å²) >= 11 is 0. The molecule has 6 nitrogen and oxygen atoms in total. The normalized spacial score (nSPS) is 16.0. The number of likely N-dealkylation sites (tertiary alicyclic amines) is 1. The molecule has 0 unspecified atom stereocenters. The Balaban J connectivity index is 1.86. The third-order valence-electron chi connectivity index (χ3n) is 6.14. The number of piperidine rings is 1. The second kappa shape index (κ2) is 11.2. The molecule has 32 heavy (non-hydrogen) atoms. The van der Waals surface area contributed by atoms with E-state index in [1.54, 1.807) is 0 Å². The fraction of sp³-hybridized carbons (Fsp3) is 0.462. The SMILES string of the molecule is C=C(CN(C)CC)Nc1cc(=C/C(=C)c2cnn(C)c2CN2CCCCC2)/c(=C\C)cn1. The van der Waals surface area contributed by atoms with E-state index in [0.29, 0.717) is 0 Å². The van der Waals surface area contributed by atoms with Crippen LogP contribution in [0.3, 0.4) is 0 Å². The third-order valence-corrected chi connectivity index (χ3v) is 6.14. The highest BCUT2D eigenvalue weighted by molar-refractivity contribution is 5.87. The summed E-state index contributed by atoms with van der Waals surface area (Å²) < 4.78 is 1.99. The van der Waals surface area contributed by atoms with Gasteiger partial charge in [-0.15, -0.1) is 0 Å². The number of nitrogens with zero attached hydrogens (tertiary/aromatic N) is 5. The Kier molecular flexibility index (Phi) is 8.42. The Morgan fingerprint density at radius 1 is 1.19 bits per heavy atom. The molecule has 6 heteroatoms. The van der Waals surface area contributed by atoms with E-state index in [1.807, 2.05) is 31.0 Å². The van der Waals surface area contributed by atoms with E-state index in [2.05, 4.69) is 70.5 Å². The van der Waals surface area contributed by atoms with Crippen LogP contribution in [0.25, 0.3) is 17.7 Å². The van der Waals surface area contributed by atoms with Gasteiger partial charge in [0, 0.05) is 37.6 Å². The van der Waals surface area contributed by atoms with Crippen molar-refractivity contribution in [2.24, 2.45) is 7.05 Å². The molecule has 1 saturated heterocycles. The molecule has 0 aliphatic carbocycles. The molecule has 3 heterocycles. The molecule has 1 fully saturated rings. The molecule has 1 N–H and O–H groups in total. The monoisotopic (exact) mass is 434 g/mol. The van der Waals surface area contributed by atoms with E-state index >= 15 is 0 Å². The number of pyridine rings is 1. The molecule has 0 spiro atoms. The zero-order valence-corrected chi connectivity index (χ0v) is 20.2. The molecule has 0 radical (unpaired) electrons. The lowest BCUT2D eigenvalue weighted by Gasteiger charge is -2.26. The molecule has 0 amide bonds. The lowest BCUT2D eigenvalue weighted by atomic mass is 10.0. The minimum atomic E-state index is 0.779. The van der Waals surface area contributed by atoms with Gasteiger partial charge in [-0.05, 0) is 74.6 Å². The summed E-state index contributed by atoms with van der Waals surface area (Å²) in [5.74, 6) is 0.795. The first-order chi connectivity index (χ1) is 15.4. The molecule has 0 aromatic carbocycles. The predicted octanol–water partition coefficient (Wildman–Crippen LogP) is 2.97. The van der Waals surface area contributed by atoms with Gasteiger partial charge in [-0.3, -0.25) is 9.58 Å². The molecular formula is C26H38N6. The second-order valence-electron chi connectivity index (χ2n) is 8.68. The van der Waals surface area contributed by atoms with Gasteiger partial charge in [0.05, 0.1) is 11.9 Å². The molecule has 0 saturated carbocycles. The van der Waals surface area contributed by atoms with Crippen LogP contribution in [0.5, 0.6) is 0 Å². The largest absolute Gasteiger partial charge is 0.343 e. The van der Waals surface area contributed by atoms with Gasteiger partial charge >= 0.3 is 0 Å². The molecule has 172 valence electrons. The van der Waals surface area contributed by atoms with Gasteiger partial charge in [-0.25, -0.2) is 4.98 Å². The van der Waals surface area contributed by atoms with Crippen LogP contribution in [0.2, 0.25) is 0 Å². The van der Waals surface area contributed by atoms with Gasteiger partial charge in [0.1, 0.15) is 5.82 Å². The Hall–Kier alpha value is -2.70. The second-order valence-corrected chi connectivity index (χ2v) is 8.68. The number of aryl methyl sites for hydroxylation is 1. The number of rotatable bonds is 9. The molecule has 1 aliphatic heterocycles. The van der Waals surface area contributed by atoms with Gasteiger partial charge in [0.2, 0.25) is 0 Å². The zero-order valence-electron chi connectivity index (χ0n) is 20.2. The lowest BCUT2D eigenvalue weighted by Crippen LogP contribution is -2.30. The Morgan fingerprint density at radius 2 is 1.94 bits per heavy atom. The van der Waals surface area contributed by atoms with Crippen LogP contribution in [-0.2, 0) is 13.6 Å². The molecule has 0 bridgehead atoms. The van der Waals surface area contributed by atoms with Crippen molar-refractivity contribution < 1.29 is 0 Å². The first-order valence-corrected chi connectivity index (χ1v) is 11.6. The van der Waals surface area contributed by atoms with Crippen LogP contribution in [0.15, 0.2) is 37.3 Å². The Morgan fingerprint density at radius 3 is 2.62 bits per heavy atom. The maximum absolute atomic E-state index is 4.57. The highest BCUT2D eigenvalue weighted by Crippen LogP contribution is 2.21. The Bertz CT molecular complexity index is 1060. The highest BCUT2D eigenvalue weighted by atomic mass is 15.3. The van der Waals surface area contributed by atoms with E-state index in [0.717, 1.165) is 65.8 Å². The summed E-state index contributed by atoms with van der Waals surface area (Å²) in [6, 6.07) is 2.07. The molecule has 3 rings (SSSR count). The zero-order chi connectivity index (χ0) is 23.1. The quantitative estimate of drug-likeness (QED) is 0.658. The van der Waals surface area contributed by atoms with Crippen molar-refractivity contribution in [2.75, 3.05) is 38.5 Å².